The zero-order valence-electron chi connectivity index (χ0n) is 7.28. The summed E-state index contributed by atoms with van der Waals surface area (Å²) in [6, 6.07) is 3.23. The van der Waals surface area contributed by atoms with E-state index in [1.54, 1.807) is 0 Å². The van der Waals surface area contributed by atoms with E-state index in [-0.39, 0.29) is 0 Å². The molecule has 6 heteroatoms. The molecule has 0 radical (unpaired) electrons. The van der Waals surface area contributed by atoms with Crippen molar-refractivity contribution in [3.8, 4) is 0 Å². The molecule has 14 heavy (non-hydrogen) atoms. The maximum absolute atomic E-state index is 12.7. The Balaban J connectivity index is 3.15. The largest absolute Gasteiger partial charge is 0.509 e. The van der Waals surface area contributed by atoms with Gasteiger partial charge in [-0.3, -0.25) is 0 Å². The van der Waals surface area contributed by atoms with Crippen molar-refractivity contribution in [3.05, 3.63) is 29.8 Å². The molecule has 0 N–H and O–H groups in total. The molecule has 0 saturated heterocycles. The van der Waals surface area contributed by atoms with Crippen molar-refractivity contribution in [1.29, 1.82) is 0 Å². The lowest BCUT2D eigenvalue weighted by molar-refractivity contribution is 0.0175. The van der Waals surface area contributed by atoms with Crippen LogP contribution in [0.1, 0.15) is 12.5 Å². The van der Waals surface area contributed by atoms with Crippen LogP contribution >= 0.6 is 0 Å². The van der Waals surface area contributed by atoms with E-state index in [9.17, 15) is 21.7 Å². The molecule has 0 unspecified atom stereocenters. The first-order valence-corrected chi connectivity index (χ1v) is 3.89. The van der Waals surface area contributed by atoms with Gasteiger partial charge in [0.1, 0.15) is 0 Å². The van der Waals surface area contributed by atoms with Crippen LogP contribution in [0.25, 0.3) is 0 Å². The van der Waals surface area contributed by atoms with Crippen LogP contribution < -0.4 is 5.46 Å². The molecule has 0 amide bonds. The summed E-state index contributed by atoms with van der Waals surface area (Å²) in [6.07, 6.45) is 0. The monoisotopic (exact) mass is 209 g/mol. The predicted octanol–water partition coefficient (Wildman–Crippen LogP) is 2.85. The summed E-state index contributed by atoms with van der Waals surface area (Å²) in [6.45, 7) is -4.64. The number of benzene rings is 1. The Morgan fingerprint density at radius 1 is 1.14 bits per heavy atom. The minimum Gasteiger partial charge on any atom is -0.445 e. The van der Waals surface area contributed by atoms with Gasteiger partial charge >= 0.3 is 6.98 Å². The summed E-state index contributed by atoms with van der Waals surface area (Å²) in [4.78, 5) is 0. The minimum absolute atomic E-state index is 0.486. The lowest BCUT2D eigenvalue weighted by Crippen LogP contribution is -2.34. The zero-order chi connectivity index (χ0) is 11.0. The van der Waals surface area contributed by atoms with Gasteiger partial charge in [0.05, 0.1) is 0 Å². The predicted molar refractivity (Wildman–Crippen MR) is 44.7 cm³/mol. The van der Waals surface area contributed by atoms with Crippen molar-refractivity contribution in [2.24, 2.45) is 0 Å². The smallest absolute Gasteiger partial charge is 0.445 e. The van der Waals surface area contributed by atoms with Crippen LogP contribution in [-0.4, -0.2) is 6.98 Å². The van der Waals surface area contributed by atoms with E-state index in [1.165, 1.54) is 0 Å². The van der Waals surface area contributed by atoms with Crippen LogP contribution in [0.15, 0.2) is 24.3 Å². The molecule has 1 rings (SSSR count). The third-order valence-corrected chi connectivity index (χ3v) is 1.77. The minimum atomic E-state index is -5.21. The van der Waals surface area contributed by atoms with Crippen molar-refractivity contribution in [2.75, 3.05) is 0 Å². The molecule has 0 fully saturated rings. The van der Waals surface area contributed by atoms with Crippen LogP contribution in [-0.2, 0) is 5.92 Å². The fourth-order valence-corrected chi connectivity index (χ4v) is 1.02. The SMILES string of the molecule is CC(F)(F)c1cccc([B-](F)(F)F)c1. The van der Waals surface area contributed by atoms with Crippen LogP contribution in [0.4, 0.5) is 21.7 Å². The second kappa shape index (κ2) is 3.26. The molecule has 0 saturated carbocycles. The molecule has 0 atom stereocenters. The summed E-state index contributed by atoms with van der Waals surface area (Å²) in [5.41, 5.74) is -1.61. The summed E-state index contributed by atoms with van der Waals surface area (Å²) in [7, 11) is 0. The van der Waals surface area contributed by atoms with Crippen LogP contribution in [0.5, 0.6) is 0 Å². The molecule has 0 spiro atoms. The fourth-order valence-electron chi connectivity index (χ4n) is 1.02. The lowest BCUT2D eigenvalue weighted by Gasteiger charge is -2.18. The van der Waals surface area contributed by atoms with E-state index in [0.29, 0.717) is 13.0 Å². The first-order chi connectivity index (χ1) is 6.21. The van der Waals surface area contributed by atoms with Gasteiger partial charge < -0.3 is 12.9 Å². The van der Waals surface area contributed by atoms with E-state index in [2.05, 4.69) is 0 Å². The van der Waals surface area contributed by atoms with Gasteiger partial charge in [-0.1, -0.05) is 24.3 Å². The van der Waals surface area contributed by atoms with Crippen molar-refractivity contribution in [3.63, 3.8) is 0 Å². The molecule has 0 aliphatic carbocycles. The highest BCUT2D eigenvalue weighted by Gasteiger charge is 2.29. The quantitative estimate of drug-likeness (QED) is 0.518. The summed E-state index contributed by atoms with van der Waals surface area (Å²) < 4.78 is 61.8. The highest BCUT2D eigenvalue weighted by atomic mass is 19.4. The molecule has 1 aromatic carbocycles. The highest BCUT2D eigenvalue weighted by Crippen LogP contribution is 2.26. The average molecular weight is 209 g/mol. The molecule has 0 aliphatic rings. The van der Waals surface area contributed by atoms with E-state index in [4.69, 9.17) is 0 Å². The summed E-state index contributed by atoms with van der Waals surface area (Å²) in [5.74, 6) is -3.24. The summed E-state index contributed by atoms with van der Waals surface area (Å²) >= 11 is 0. The lowest BCUT2D eigenvalue weighted by atomic mass is 9.79. The Hall–Kier alpha value is -1.07. The van der Waals surface area contributed by atoms with Crippen molar-refractivity contribution in [1.82, 2.24) is 0 Å². The van der Waals surface area contributed by atoms with E-state index >= 15 is 0 Å². The van der Waals surface area contributed by atoms with Gasteiger partial charge in [-0.2, -0.15) is 0 Å². The maximum Gasteiger partial charge on any atom is 0.509 e. The first kappa shape index (κ1) is 11.0. The van der Waals surface area contributed by atoms with Gasteiger partial charge in [0.15, 0.2) is 0 Å². The molecule has 0 nitrogen and oxygen atoms in total. The number of halogens is 5. The van der Waals surface area contributed by atoms with Crippen LogP contribution in [0.3, 0.4) is 0 Å². The first-order valence-electron chi connectivity index (χ1n) is 3.89. The second-order valence-electron chi connectivity index (χ2n) is 3.09. The van der Waals surface area contributed by atoms with Crippen molar-refractivity contribution in [2.45, 2.75) is 12.8 Å². The normalized spacial score (nSPS) is 13.0. The number of hydrogen-bond donors (Lipinski definition) is 0. The van der Waals surface area contributed by atoms with Gasteiger partial charge in [-0.05, 0) is 0 Å². The molecule has 0 bridgehead atoms. The molecule has 78 valence electrons. The van der Waals surface area contributed by atoms with Gasteiger partial charge in [0.25, 0.3) is 5.92 Å². The standard InChI is InChI=1S/C8H7BF5/c1-8(10,11)6-3-2-4-7(5-6)9(12,13)14/h2-5H,1H3/q-1. The number of hydrogen-bond acceptors (Lipinski definition) is 0. The molecular formula is C8H7BF5-. The molecule has 1 aromatic rings. The van der Waals surface area contributed by atoms with Crippen LogP contribution in [0, 0.1) is 0 Å². The average Bonchev–Trinajstić information content (AvgIpc) is 2.01. The summed E-state index contributed by atoms with van der Waals surface area (Å²) in [5, 5.41) is 0. The Labute approximate surface area is 77.8 Å². The van der Waals surface area contributed by atoms with E-state index < -0.39 is 23.9 Å². The molecular weight excluding hydrogens is 202 g/mol. The van der Waals surface area contributed by atoms with Gasteiger partial charge in [0, 0.05) is 12.5 Å². The van der Waals surface area contributed by atoms with Crippen LogP contribution in [0.2, 0.25) is 0 Å². The molecule has 0 aliphatic heterocycles. The third kappa shape index (κ3) is 2.46. The molecule has 0 aromatic heterocycles. The topological polar surface area (TPSA) is 0 Å². The van der Waals surface area contributed by atoms with E-state index in [0.717, 1.165) is 18.2 Å². The maximum atomic E-state index is 12.7. The van der Waals surface area contributed by atoms with Gasteiger partial charge in [-0.15, -0.1) is 5.46 Å². The van der Waals surface area contributed by atoms with E-state index in [1.807, 2.05) is 0 Å². The Morgan fingerprint density at radius 3 is 2.14 bits per heavy atom. The Morgan fingerprint density at radius 2 is 1.71 bits per heavy atom. The fraction of sp³-hybridized carbons (Fsp3) is 0.250. The highest BCUT2D eigenvalue weighted by molar-refractivity contribution is 6.73. The van der Waals surface area contributed by atoms with Crippen molar-refractivity contribution < 1.29 is 21.7 Å². The van der Waals surface area contributed by atoms with Gasteiger partial charge in [0.2, 0.25) is 0 Å². The Bertz CT molecular complexity index is 296. The Kier molecular flexibility index (Phi) is 2.56. The zero-order valence-corrected chi connectivity index (χ0v) is 7.28. The van der Waals surface area contributed by atoms with Gasteiger partial charge in [-0.25, -0.2) is 8.78 Å². The second-order valence-corrected chi connectivity index (χ2v) is 3.09. The third-order valence-electron chi connectivity index (χ3n) is 1.77. The number of alkyl halides is 2. The van der Waals surface area contributed by atoms with Crippen molar-refractivity contribution >= 4 is 12.4 Å². The molecule has 0 heterocycles. The number of rotatable bonds is 2.